The van der Waals surface area contributed by atoms with Crippen LogP contribution in [0, 0.1) is 0 Å². The summed E-state index contributed by atoms with van der Waals surface area (Å²) < 4.78 is 8.13. The Labute approximate surface area is 118 Å². The predicted octanol–water partition coefficient (Wildman–Crippen LogP) is 2.28. The van der Waals surface area contributed by atoms with Crippen molar-refractivity contribution in [1.29, 1.82) is 0 Å². The van der Waals surface area contributed by atoms with E-state index in [4.69, 9.17) is 4.74 Å². The van der Waals surface area contributed by atoms with Crippen LogP contribution in [0.2, 0.25) is 0 Å². The number of hydrogen-bond acceptors (Lipinski definition) is 4. The number of aromatic nitrogens is 3. The summed E-state index contributed by atoms with van der Waals surface area (Å²) in [6.45, 7) is 5.23. The van der Waals surface area contributed by atoms with Crippen molar-refractivity contribution >= 4 is 33.1 Å². The van der Waals surface area contributed by atoms with Crippen LogP contribution in [0.15, 0.2) is 21.5 Å². The summed E-state index contributed by atoms with van der Waals surface area (Å²) in [5, 5.41) is 0. The Kier molecular flexibility index (Phi) is 3.25. The molecule has 0 saturated heterocycles. The Morgan fingerprint density at radius 2 is 2.00 bits per heavy atom. The summed E-state index contributed by atoms with van der Waals surface area (Å²) in [5.41, 5.74) is -0.365. The zero-order chi connectivity index (χ0) is 14.4. The Hall–Kier alpha value is -1.63. The van der Waals surface area contributed by atoms with E-state index in [1.54, 1.807) is 40.0 Å². The summed E-state index contributed by atoms with van der Waals surface area (Å²) in [6.07, 6.45) is -0.714. The molecule has 0 aliphatic carbocycles. The van der Waals surface area contributed by atoms with Crippen LogP contribution in [0.1, 0.15) is 20.8 Å². The van der Waals surface area contributed by atoms with Crippen molar-refractivity contribution in [3.8, 4) is 0 Å². The molecule has 0 atom stereocenters. The van der Waals surface area contributed by atoms with E-state index >= 15 is 0 Å². The van der Waals surface area contributed by atoms with Crippen LogP contribution < -0.4 is 5.56 Å². The Morgan fingerprint density at radius 1 is 1.37 bits per heavy atom. The highest BCUT2D eigenvalue weighted by atomic mass is 79.9. The normalized spacial score (nSPS) is 11.8. The standard InChI is InChI=1S/C12H14BrN3O3/c1-12(2,3)19-11(18)16-10(17)9-7(15(16)4)5-6-8(13)14-9/h5-6H,1-4H3. The maximum absolute atomic E-state index is 12.2. The number of hydrogen-bond donors (Lipinski definition) is 0. The van der Waals surface area contributed by atoms with Crippen LogP contribution in [0.25, 0.3) is 11.0 Å². The molecule has 0 saturated carbocycles. The highest BCUT2D eigenvalue weighted by Crippen LogP contribution is 2.14. The molecular weight excluding hydrogens is 314 g/mol. The smallest absolute Gasteiger partial charge is 0.437 e. The molecule has 102 valence electrons. The maximum Gasteiger partial charge on any atom is 0.437 e. The van der Waals surface area contributed by atoms with Crippen molar-refractivity contribution < 1.29 is 9.53 Å². The molecule has 2 rings (SSSR count). The van der Waals surface area contributed by atoms with Crippen LogP contribution in [-0.4, -0.2) is 26.0 Å². The first-order valence-electron chi connectivity index (χ1n) is 5.68. The van der Waals surface area contributed by atoms with Crippen LogP contribution >= 0.6 is 15.9 Å². The molecular formula is C12H14BrN3O3. The molecule has 0 unspecified atom stereocenters. The fraction of sp³-hybridized carbons (Fsp3) is 0.417. The van der Waals surface area contributed by atoms with E-state index in [1.165, 1.54) is 4.68 Å². The fourth-order valence-corrected chi connectivity index (χ4v) is 2.01. The summed E-state index contributed by atoms with van der Waals surface area (Å²) >= 11 is 3.20. The van der Waals surface area contributed by atoms with Crippen molar-refractivity contribution in [2.24, 2.45) is 7.05 Å². The second kappa shape index (κ2) is 4.48. The van der Waals surface area contributed by atoms with Gasteiger partial charge in [-0.05, 0) is 48.8 Å². The topological polar surface area (TPSA) is 66.1 Å². The van der Waals surface area contributed by atoms with E-state index in [0.29, 0.717) is 10.1 Å². The third kappa shape index (κ3) is 2.56. The van der Waals surface area contributed by atoms with Gasteiger partial charge in [-0.15, -0.1) is 4.68 Å². The fourth-order valence-electron chi connectivity index (χ4n) is 1.70. The number of pyridine rings is 1. The molecule has 7 heteroatoms. The van der Waals surface area contributed by atoms with Gasteiger partial charge in [-0.25, -0.2) is 9.78 Å². The molecule has 19 heavy (non-hydrogen) atoms. The average Bonchev–Trinajstić information content (AvgIpc) is 2.49. The highest BCUT2D eigenvalue weighted by molar-refractivity contribution is 9.10. The highest BCUT2D eigenvalue weighted by Gasteiger charge is 2.23. The molecule has 0 aliphatic heterocycles. The minimum Gasteiger partial charge on any atom is -0.442 e. The van der Waals surface area contributed by atoms with Crippen molar-refractivity contribution in [3.05, 3.63) is 27.1 Å². The molecule has 0 N–H and O–H groups in total. The van der Waals surface area contributed by atoms with Gasteiger partial charge in [-0.3, -0.25) is 9.48 Å². The number of fused-ring (bicyclic) bond motifs is 1. The van der Waals surface area contributed by atoms with Crippen molar-refractivity contribution in [1.82, 2.24) is 14.3 Å². The minimum absolute atomic E-state index is 0.225. The molecule has 0 fully saturated rings. The largest absolute Gasteiger partial charge is 0.442 e. The molecule has 0 bridgehead atoms. The minimum atomic E-state index is -0.714. The monoisotopic (exact) mass is 327 g/mol. The molecule has 2 heterocycles. The van der Waals surface area contributed by atoms with E-state index in [2.05, 4.69) is 20.9 Å². The number of ether oxygens (including phenoxy) is 1. The predicted molar refractivity (Wildman–Crippen MR) is 74.3 cm³/mol. The second-order valence-corrected chi connectivity index (χ2v) is 5.94. The van der Waals surface area contributed by atoms with Crippen LogP contribution in [0.3, 0.4) is 0 Å². The lowest BCUT2D eigenvalue weighted by atomic mass is 10.2. The van der Waals surface area contributed by atoms with Crippen molar-refractivity contribution in [2.75, 3.05) is 0 Å². The van der Waals surface area contributed by atoms with Gasteiger partial charge in [0, 0.05) is 7.05 Å². The molecule has 0 radical (unpaired) electrons. The molecule has 0 amide bonds. The van der Waals surface area contributed by atoms with E-state index in [0.717, 1.165) is 4.68 Å². The number of halogens is 1. The lowest BCUT2D eigenvalue weighted by Crippen LogP contribution is -2.35. The van der Waals surface area contributed by atoms with Crippen LogP contribution in [-0.2, 0) is 11.8 Å². The van der Waals surface area contributed by atoms with E-state index < -0.39 is 17.3 Å². The Balaban J connectivity index is 2.62. The maximum atomic E-state index is 12.2. The number of aryl methyl sites for hydroxylation is 1. The van der Waals surface area contributed by atoms with Gasteiger partial charge in [0.15, 0.2) is 5.52 Å². The summed E-state index contributed by atoms with van der Waals surface area (Å²) in [6, 6.07) is 3.43. The molecule has 0 spiro atoms. The molecule has 2 aromatic heterocycles. The van der Waals surface area contributed by atoms with Gasteiger partial charge >= 0.3 is 11.7 Å². The van der Waals surface area contributed by atoms with Crippen LogP contribution in [0.4, 0.5) is 4.79 Å². The first-order valence-corrected chi connectivity index (χ1v) is 6.47. The SMILES string of the molecule is Cn1c2ccc(Br)nc2c(=O)n1C(=O)OC(C)(C)C. The zero-order valence-electron chi connectivity index (χ0n) is 11.1. The van der Waals surface area contributed by atoms with Crippen molar-refractivity contribution in [3.63, 3.8) is 0 Å². The van der Waals surface area contributed by atoms with E-state index in [9.17, 15) is 9.59 Å². The number of carbonyl (C=O) groups excluding carboxylic acids is 1. The van der Waals surface area contributed by atoms with Gasteiger partial charge in [0.25, 0.3) is 0 Å². The van der Waals surface area contributed by atoms with Gasteiger partial charge in [0.2, 0.25) is 0 Å². The Morgan fingerprint density at radius 3 is 2.58 bits per heavy atom. The van der Waals surface area contributed by atoms with E-state index in [-0.39, 0.29) is 5.52 Å². The third-order valence-corrected chi connectivity index (χ3v) is 2.89. The number of nitrogens with zero attached hydrogens (tertiary/aromatic N) is 3. The lowest BCUT2D eigenvalue weighted by Gasteiger charge is -2.19. The summed E-state index contributed by atoms with van der Waals surface area (Å²) in [7, 11) is 1.61. The third-order valence-electron chi connectivity index (χ3n) is 2.45. The summed E-state index contributed by atoms with van der Waals surface area (Å²) in [5.74, 6) is 0. The van der Waals surface area contributed by atoms with Crippen molar-refractivity contribution in [2.45, 2.75) is 26.4 Å². The first-order chi connectivity index (χ1) is 8.70. The van der Waals surface area contributed by atoms with Gasteiger partial charge < -0.3 is 4.74 Å². The molecule has 2 aromatic rings. The first kappa shape index (κ1) is 13.8. The number of carbonyl (C=O) groups is 1. The Bertz CT molecular complexity index is 709. The molecule has 6 nitrogen and oxygen atoms in total. The number of rotatable bonds is 0. The second-order valence-electron chi connectivity index (χ2n) is 5.12. The lowest BCUT2D eigenvalue weighted by molar-refractivity contribution is 0.0491. The van der Waals surface area contributed by atoms with Gasteiger partial charge in [0.1, 0.15) is 10.2 Å². The van der Waals surface area contributed by atoms with Gasteiger partial charge in [-0.1, -0.05) is 0 Å². The van der Waals surface area contributed by atoms with Gasteiger partial charge in [0.05, 0.1) is 5.52 Å². The van der Waals surface area contributed by atoms with Crippen LogP contribution in [0.5, 0.6) is 0 Å². The summed E-state index contributed by atoms with van der Waals surface area (Å²) in [4.78, 5) is 28.3. The van der Waals surface area contributed by atoms with Gasteiger partial charge in [-0.2, -0.15) is 0 Å². The molecule has 0 aliphatic rings. The zero-order valence-corrected chi connectivity index (χ0v) is 12.7. The molecule has 0 aromatic carbocycles. The van der Waals surface area contributed by atoms with E-state index in [1.807, 2.05) is 0 Å². The average molecular weight is 328 g/mol. The quantitative estimate of drug-likeness (QED) is 0.696.